The van der Waals surface area contributed by atoms with Crippen molar-refractivity contribution in [3.05, 3.63) is 59.2 Å². The molecule has 0 aliphatic carbocycles. The Morgan fingerprint density at radius 3 is 2.58 bits per heavy atom. The van der Waals surface area contributed by atoms with E-state index in [9.17, 15) is 8.78 Å². The number of aryl methyl sites for hydroxylation is 1. The van der Waals surface area contributed by atoms with E-state index in [0.717, 1.165) is 16.9 Å². The molecule has 0 heterocycles. The largest absolute Gasteiger partial charge is 0.497 e. The molecule has 7 heteroatoms. The maximum atomic E-state index is 12.5. The van der Waals surface area contributed by atoms with Gasteiger partial charge in [-0.2, -0.15) is 8.78 Å². The molecule has 2 rings (SSSR count). The Morgan fingerprint density at radius 2 is 1.88 bits per heavy atom. The van der Waals surface area contributed by atoms with Crippen LogP contribution < -0.4 is 20.1 Å². The van der Waals surface area contributed by atoms with E-state index in [0.29, 0.717) is 24.6 Å². The highest BCUT2D eigenvalue weighted by Crippen LogP contribution is 2.22. The summed E-state index contributed by atoms with van der Waals surface area (Å²) in [7, 11) is 3.27. The molecule has 0 aliphatic heterocycles. The molecule has 0 atom stereocenters. The van der Waals surface area contributed by atoms with Crippen molar-refractivity contribution in [1.29, 1.82) is 0 Å². The average molecular weight is 363 g/mol. The smallest absolute Gasteiger partial charge is 0.387 e. The molecule has 2 aromatic carbocycles. The molecule has 0 unspecified atom stereocenters. The van der Waals surface area contributed by atoms with Crippen molar-refractivity contribution >= 4 is 5.96 Å². The molecule has 5 nitrogen and oxygen atoms in total. The number of methoxy groups -OCH3 is 1. The molecule has 0 fully saturated rings. The van der Waals surface area contributed by atoms with Crippen LogP contribution in [0.3, 0.4) is 0 Å². The van der Waals surface area contributed by atoms with Gasteiger partial charge in [0.05, 0.1) is 7.11 Å². The van der Waals surface area contributed by atoms with E-state index in [4.69, 9.17) is 4.74 Å². The fourth-order valence-corrected chi connectivity index (χ4v) is 2.43. The molecule has 0 amide bonds. The van der Waals surface area contributed by atoms with Crippen LogP contribution in [-0.4, -0.2) is 26.7 Å². The van der Waals surface area contributed by atoms with E-state index in [1.165, 1.54) is 0 Å². The van der Waals surface area contributed by atoms with Crippen molar-refractivity contribution in [2.45, 2.75) is 26.6 Å². The topological polar surface area (TPSA) is 54.9 Å². The van der Waals surface area contributed by atoms with Crippen LogP contribution in [0.2, 0.25) is 0 Å². The lowest BCUT2D eigenvalue weighted by molar-refractivity contribution is -0.0504. The summed E-state index contributed by atoms with van der Waals surface area (Å²) in [6, 6.07) is 12.8. The molecule has 140 valence electrons. The second-order valence-corrected chi connectivity index (χ2v) is 5.62. The monoisotopic (exact) mass is 363 g/mol. The maximum Gasteiger partial charge on any atom is 0.387 e. The summed E-state index contributed by atoms with van der Waals surface area (Å²) >= 11 is 0. The summed E-state index contributed by atoms with van der Waals surface area (Å²) < 4.78 is 34.9. The van der Waals surface area contributed by atoms with Crippen LogP contribution in [-0.2, 0) is 13.1 Å². The van der Waals surface area contributed by atoms with Crippen molar-refractivity contribution in [2.24, 2.45) is 4.99 Å². The average Bonchev–Trinajstić information content (AvgIpc) is 2.63. The van der Waals surface area contributed by atoms with Crippen LogP contribution in [0.25, 0.3) is 0 Å². The van der Waals surface area contributed by atoms with E-state index in [2.05, 4.69) is 20.4 Å². The number of rotatable bonds is 7. The molecule has 0 bridgehead atoms. The Morgan fingerprint density at radius 1 is 1.12 bits per heavy atom. The highest BCUT2D eigenvalue weighted by atomic mass is 19.3. The molecular weight excluding hydrogens is 340 g/mol. The van der Waals surface area contributed by atoms with Gasteiger partial charge in [-0.3, -0.25) is 4.99 Å². The number of halogens is 2. The van der Waals surface area contributed by atoms with Gasteiger partial charge in [0.15, 0.2) is 5.96 Å². The lowest BCUT2D eigenvalue weighted by Gasteiger charge is -2.15. The number of guanidine groups is 1. The molecule has 0 aromatic heterocycles. The Bertz CT molecular complexity index is 751. The van der Waals surface area contributed by atoms with Crippen molar-refractivity contribution in [3.8, 4) is 11.5 Å². The highest BCUT2D eigenvalue weighted by molar-refractivity contribution is 5.79. The van der Waals surface area contributed by atoms with E-state index in [-0.39, 0.29) is 5.75 Å². The second-order valence-electron chi connectivity index (χ2n) is 5.62. The van der Waals surface area contributed by atoms with Crippen LogP contribution in [0.1, 0.15) is 16.7 Å². The van der Waals surface area contributed by atoms with Gasteiger partial charge in [0, 0.05) is 25.7 Å². The van der Waals surface area contributed by atoms with Gasteiger partial charge in [-0.1, -0.05) is 29.8 Å². The molecule has 26 heavy (non-hydrogen) atoms. The number of hydrogen-bond acceptors (Lipinski definition) is 3. The van der Waals surface area contributed by atoms with Crippen molar-refractivity contribution < 1.29 is 18.3 Å². The van der Waals surface area contributed by atoms with Gasteiger partial charge in [0.1, 0.15) is 11.5 Å². The number of benzene rings is 2. The first kappa shape index (κ1) is 19.5. The summed E-state index contributed by atoms with van der Waals surface area (Å²) in [5.74, 6) is 1.49. The van der Waals surface area contributed by atoms with E-state index < -0.39 is 6.61 Å². The van der Waals surface area contributed by atoms with E-state index in [1.54, 1.807) is 32.4 Å². The zero-order valence-corrected chi connectivity index (χ0v) is 15.1. The summed E-state index contributed by atoms with van der Waals surface area (Å²) in [6.45, 7) is -0.111. The number of ether oxygens (including phenoxy) is 2. The molecule has 0 radical (unpaired) electrons. The third kappa shape index (κ3) is 5.91. The van der Waals surface area contributed by atoms with Gasteiger partial charge >= 0.3 is 6.61 Å². The number of alkyl halides is 2. The minimum Gasteiger partial charge on any atom is -0.497 e. The zero-order chi connectivity index (χ0) is 18.9. The third-order valence-corrected chi connectivity index (χ3v) is 3.70. The number of hydrogen-bond donors (Lipinski definition) is 2. The Labute approximate surface area is 152 Å². The predicted molar refractivity (Wildman–Crippen MR) is 97.8 cm³/mol. The van der Waals surface area contributed by atoms with Gasteiger partial charge in [-0.25, -0.2) is 0 Å². The van der Waals surface area contributed by atoms with Crippen LogP contribution in [0.4, 0.5) is 8.78 Å². The third-order valence-electron chi connectivity index (χ3n) is 3.70. The van der Waals surface area contributed by atoms with Gasteiger partial charge in [0.25, 0.3) is 0 Å². The normalized spacial score (nSPS) is 11.4. The number of aliphatic imine (C=N–C) groups is 1. The van der Waals surface area contributed by atoms with Crippen LogP contribution in [0.15, 0.2) is 47.5 Å². The fourth-order valence-electron chi connectivity index (χ4n) is 2.43. The van der Waals surface area contributed by atoms with Gasteiger partial charge in [-0.15, -0.1) is 0 Å². The van der Waals surface area contributed by atoms with Crippen LogP contribution in [0.5, 0.6) is 11.5 Å². The first-order chi connectivity index (χ1) is 12.5. The first-order valence-electron chi connectivity index (χ1n) is 8.13. The van der Waals surface area contributed by atoms with Crippen LogP contribution >= 0.6 is 0 Å². The molecule has 0 saturated heterocycles. The minimum atomic E-state index is -2.86. The molecule has 2 aromatic rings. The predicted octanol–water partition coefficient (Wildman–Crippen LogP) is 3.47. The van der Waals surface area contributed by atoms with Gasteiger partial charge in [0.2, 0.25) is 0 Å². The molecular formula is C19H23F2N3O2. The van der Waals surface area contributed by atoms with E-state index in [1.807, 2.05) is 31.2 Å². The lowest BCUT2D eigenvalue weighted by atomic mass is 10.1. The lowest BCUT2D eigenvalue weighted by Crippen LogP contribution is -2.36. The van der Waals surface area contributed by atoms with Crippen molar-refractivity contribution in [2.75, 3.05) is 14.2 Å². The summed E-state index contributed by atoms with van der Waals surface area (Å²) in [4.78, 5) is 4.15. The van der Waals surface area contributed by atoms with Gasteiger partial charge < -0.3 is 20.1 Å². The first-order valence-corrected chi connectivity index (χ1v) is 8.13. The van der Waals surface area contributed by atoms with Crippen molar-refractivity contribution in [1.82, 2.24) is 10.6 Å². The summed E-state index contributed by atoms with van der Waals surface area (Å²) in [5.41, 5.74) is 2.63. The minimum absolute atomic E-state index is 0.154. The highest BCUT2D eigenvalue weighted by Gasteiger charge is 2.10. The Hall–Kier alpha value is -2.83. The van der Waals surface area contributed by atoms with Crippen molar-refractivity contribution in [3.63, 3.8) is 0 Å². The SMILES string of the molecule is CN=C(NCc1cccc(OC)c1)NCc1cc(C)ccc1OC(F)F. The number of nitrogens with one attached hydrogen (secondary N) is 2. The maximum absolute atomic E-state index is 12.5. The Kier molecular flexibility index (Phi) is 7.20. The second kappa shape index (κ2) is 9.60. The quantitative estimate of drug-likeness (QED) is 0.584. The molecule has 2 N–H and O–H groups in total. The fraction of sp³-hybridized carbons (Fsp3) is 0.316. The number of nitrogens with zero attached hydrogens (tertiary/aromatic N) is 1. The molecule has 0 spiro atoms. The summed E-state index contributed by atoms with van der Waals surface area (Å²) in [6.07, 6.45) is 0. The zero-order valence-electron chi connectivity index (χ0n) is 15.1. The molecule has 0 aliphatic rings. The molecule has 0 saturated carbocycles. The Balaban J connectivity index is 1.97. The standard InChI is InChI=1S/C19H23F2N3O2/c1-13-7-8-17(26-18(20)21)15(9-13)12-24-19(22-2)23-11-14-5-4-6-16(10-14)25-3/h4-10,18H,11-12H2,1-3H3,(H2,22,23,24). The van der Waals surface area contributed by atoms with Gasteiger partial charge in [-0.05, 0) is 30.7 Å². The van der Waals surface area contributed by atoms with E-state index >= 15 is 0 Å². The summed E-state index contributed by atoms with van der Waals surface area (Å²) in [5, 5.41) is 6.28. The van der Waals surface area contributed by atoms with Crippen LogP contribution in [0, 0.1) is 6.92 Å².